The topological polar surface area (TPSA) is 51.3 Å². The first kappa shape index (κ1) is 13.2. The highest BCUT2D eigenvalue weighted by Gasteiger charge is 2.10. The van der Waals surface area contributed by atoms with E-state index in [0.717, 1.165) is 17.1 Å². The number of H-pyrrole nitrogens is 1. The van der Waals surface area contributed by atoms with Crippen LogP contribution in [0.4, 0.5) is 0 Å². The first-order valence-electron chi connectivity index (χ1n) is 6.12. The molecule has 0 amide bonds. The molecule has 19 heavy (non-hydrogen) atoms. The van der Waals surface area contributed by atoms with Crippen molar-refractivity contribution in [2.24, 2.45) is 0 Å². The average Bonchev–Trinajstić information content (AvgIpc) is 2.98. The number of aromatic amines is 1. The summed E-state index contributed by atoms with van der Waals surface area (Å²) in [5.74, 6) is 1.60. The number of methoxy groups -OCH3 is 2. The maximum atomic E-state index is 11.9. The van der Waals surface area contributed by atoms with Gasteiger partial charge in [-0.3, -0.25) is 4.79 Å². The lowest BCUT2D eigenvalue weighted by atomic mass is 10.0. The van der Waals surface area contributed by atoms with E-state index in [-0.39, 0.29) is 5.78 Å². The molecule has 0 bridgehead atoms. The van der Waals surface area contributed by atoms with Crippen LogP contribution in [-0.2, 0) is 6.42 Å². The summed E-state index contributed by atoms with van der Waals surface area (Å²) in [6.45, 7) is 0. The number of benzene rings is 1. The fraction of sp³-hybridized carbons (Fsp3) is 0.267. The molecule has 100 valence electrons. The van der Waals surface area contributed by atoms with Gasteiger partial charge in [0.1, 0.15) is 11.5 Å². The van der Waals surface area contributed by atoms with E-state index in [4.69, 9.17) is 9.47 Å². The third-order valence-corrected chi connectivity index (χ3v) is 3.01. The lowest BCUT2D eigenvalue weighted by Crippen LogP contribution is -2.02. The predicted octanol–water partition coefficient (Wildman–Crippen LogP) is 2.85. The Bertz CT molecular complexity index is 547. The van der Waals surface area contributed by atoms with E-state index in [1.54, 1.807) is 26.5 Å². The number of carbonyl (C=O) groups is 1. The van der Waals surface area contributed by atoms with Crippen LogP contribution < -0.4 is 9.47 Å². The van der Waals surface area contributed by atoms with Gasteiger partial charge in [0.2, 0.25) is 0 Å². The molecule has 1 N–H and O–H groups in total. The summed E-state index contributed by atoms with van der Waals surface area (Å²) < 4.78 is 10.5. The van der Waals surface area contributed by atoms with Crippen molar-refractivity contribution in [3.8, 4) is 11.5 Å². The smallest absolute Gasteiger partial charge is 0.179 e. The second-order valence-corrected chi connectivity index (χ2v) is 4.18. The highest BCUT2D eigenvalue weighted by molar-refractivity contribution is 5.94. The van der Waals surface area contributed by atoms with Crippen LogP contribution in [0.2, 0.25) is 0 Å². The molecule has 0 spiro atoms. The SMILES string of the molecule is COc1ccc(CCC(=O)c2ccc[nH]2)c(OC)c1. The van der Waals surface area contributed by atoms with Gasteiger partial charge < -0.3 is 14.5 Å². The van der Waals surface area contributed by atoms with Crippen molar-refractivity contribution in [1.29, 1.82) is 0 Å². The summed E-state index contributed by atoms with van der Waals surface area (Å²) in [6.07, 6.45) is 2.84. The number of ether oxygens (including phenoxy) is 2. The van der Waals surface area contributed by atoms with Crippen LogP contribution >= 0.6 is 0 Å². The van der Waals surface area contributed by atoms with Crippen molar-refractivity contribution in [3.63, 3.8) is 0 Å². The molecule has 0 saturated heterocycles. The second-order valence-electron chi connectivity index (χ2n) is 4.18. The molecular formula is C15H17NO3. The van der Waals surface area contributed by atoms with Crippen molar-refractivity contribution in [1.82, 2.24) is 4.98 Å². The number of ketones is 1. The number of carbonyl (C=O) groups excluding carboxylic acids is 1. The number of hydrogen-bond donors (Lipinski definition) is 1. The fourth-order valence-corrected chi connectivity index (χ4v) is 1.95. The summed E-state index contributed by atoms with van der Waals surface area (Å²) in [4.78, 5) is 14.8. The van der Waals surface area contributed by atoms with E-state index in [0.29, 0.717) is 18.5 Å². The Balaban J connectivity index is 2.05. The molecule has 0 aliphatic rings. The molecule has 2 aromatic rings. The largest absolute Gasteiger partial charge is 0.497 e. The number of nitrogens with one attached hydrogen (secondary N) is 1. The van der Waals surface area contributed by atoms with Crippen LogP contribution in [0.5, 0.6) is 11.5 Å². The summed E-state index contributed by atoms with van der Waals surface area (Å²) in [6, 6.07) is 9.24. The van der Waals surface area contributed by atoms with Gasteiger partial charge in [0, 0.05) is 18.7 Å². The van der Waals surface area contributed by atoms with Crippen LogP contribution in [0.15, 0.2) is 36.5 Å². The first-order chi connectivity index (χ1) is 9.24. The lowest BCUT2D eigenvalue weighted by molar-refractivity contribution is 0.0978. The highest BCUT2D eigenvalue weighted by atomic mass is 16.5. The summed E-state index contributed by atoms with van der Waals surface area (Å²) in [5.41, 5.74) is 1.65. The normalized spacial score (nSPS) is 10.2. The fourth-order valence-electron chi connectivity index (χ4n) is 1.95. The van der Waals surface area contributed by atoms with Gasteiger partial charge in [-0.25, -0.2) is 0 Å². The minimum absolute atomic E-state index is 0.0999. The second kappa shape index (κ2) is 6.09. The van der Waals surface area contributed by atoms with Crippen LogP contribution in [0, 0.1) is 0 Å². The molecule has 0 aliphatic heterocycles. The third-order valence-electron chi connectivity index (χ3n) is 3.01. The maximum absolute atomic E-state index is 11.9. The Hall–Kier alpha value is -2.23. The molecular weight excluding hydrogens is 242 g/mol. The molecule has 1 heterocycles. The zero-order valence-corrected chi connectivity index (χ0v) is 11.1. The molecule has 0 atom stereocenters. The standard InChI is InChI=1S/C15H17NO3/c1-18-12-7-5-11(15(10-12)19-2)6-8-14(17)13-4-3-9-16-13/h3-5,7,9-10,16H,6,8H2,1-2H3. The van der Waals surface area contributed by atoms with E-state index in [1.165, 1.54) is 0 Å². The van der Waals surface area contributed by atoms with E-state index < -0.39 is 0 Å². The van der Waals surface area contributed by atoms with Crippen molar-refractivity contribution in [2.75, 3.05) is 14.2 Å². The number of rotatable bonds is 6. The molecule has 0 radical (unpaired) electrons. The minimum Gasteiger partial charge on any atom is -0.497 e. The molecule has 4 heteroatoms. The van der Waals surface area contributed by atoms with Crippen molar-refractivity contribution < 1.29 is 14.3 Å². The minimum atomic E-state index is 0.0999. The lowest BCUT2D eigenvalue weighted by Gasteiger charge is -2.09. The Labute approximate surface area is 112 Å². The van der Waals surface area contributed by atoms with Gasteiger partial charge in [0.15, 0.2) is 5.78 Å². The predicted molar refractivity (Wildman–Crippen MR) is 73.0 cm³/mol. The molecule has 0 fully saturated rings. The van der Waals surface area contributed by atoms with Crippen LogP contribution in [0.1, 0.15) is 22.5 Å². The number of aryl methyl sites for hydroxylation is 1. The van der Waals surface area contributed by atoms with Crippen molar-refractivity contribution >= 4 is 5.78 Å². The Kier molecular flexibility index (Phi) is 4.23. The number of hydrogen-bond acceptors (Lipinski definition) is 3. The van der Waals surface area contributed by atoms with Gasteiger partial charge in [0.25, 0.3) is 0 Å². The molecule has 0 saturated carbocycles. The monoisotopic (exact) mass is 259 g/mol. The molecule has 4 nitrogen and oxygen atoms in total. The molecule has 0 aliphatic carbocycles. The first-order valence-corrected chi connectivity index (χ1v) is 6.12. The Morgan fingerprint density at radius 2 is 2.05 bits per heavy atom. The van der Waals surface area contributed by atoms with E-state index in [2.05, 4.69) is 4.98 Å². The Morgan fingerprint density at radius 3 is 2.68 bits per heavy atom. The van der Waals surface area contributed by atoms with Gasteiger partial charge in [0.05, 0.1) is 19.9 Å². The maximum Gasteiger partial charge on any atom is 0.179 e. The highest BCUT2D eigenvalue weighted by Crippen LogP contribution is 2.25. The van der Waals surface area contributed by atoms with Crippen LogP contribution in [0.25, 0.3) is 0 Å². The van der Waals surface area contributed by atoms with Gasteiger partial charge in [-0.1, -0.05) is 6.07 Å². The zero-order valence-electron chi connectivity index (χ0n) is 11.1. The van der Waals surface area contributed by atoms with Gasteiger partial charge in [-0.2, -0.15) is 0 Å². The van der Waals surface area contributed by atoms with Crippen LogP contribution in [0.3, 0.4) is 0 Å². The quantitative estimate of drug-likeness (QED) is 0.811. The molecule has 1 aromatic heterocycles. The van der Waals surface area contributed by atoms with E-state index in [1.807, 2.05) is 24.3 Å². The van der Waals surface area contributed by atoms with Gasteiger partial charge >= 0.3 is 0 Å². The number of Topliss-reactive ketones (excluding diaryl/α,β-unsaturated/α-hetero) is 1. The van der Waals surface area contributed by atoms with E-state index >= 15 is 0 Å². The van der Waals surface area contributed by atoms with Gasteiger partial charge in [-0.15, -0.1) is 0 Å². The zero-order chi connectivity index (χ0) is 13.7. The average molecular weight is 259 g/mol. The van der Waals surface area contributed by atoms with Crippen molar-refractivity contribution in [2.45, 2.75) is 12.8 Å². The Morgan fingerprint density at radius 1 is 1.21 bits per heavy atom. The molecule has 0 unspecified atom stereocenters. The molecule has 2 rings (SSSR count). The summed E-state index contributed by atoms with van der Waals surface area (Å²) >= 11 is 0. The third kappa shape index (κ3) is 3.16. The summed E-state index contributed by atoms with van der Waals surface area (Å²) in [7, 11) is 3.23. The van der Waals surface area contributed by atoms with Crippen LogP contribution in [-0.4, -0.2) is 25.0 Å². The van der Waals surface area contributed by atoms with Gasteiger partial charge in [-0.05, 0) is 30.2 Å². The summed E-state index contributed by atoms with van der Waals surface area (Å²) in [5, 5.41) is 0. The van der Waals surface area contributed by atoms with E-state index in [9.17, 15) is 4.79 Å². The molecule has 1 aromatic carbocycles. The number of aromatic nitrogens is 1. The van der Waals surface area contributed by atoms with Crippen molar-refractivity contribution in [3.05, 3.63) is 47.8 Å².